The number of hydrogen-bond donors (Lipinski definition) is 0. The lowest BCUT2D eigenvalue weighted by atomic mass is 10.5. The molecule has 1 aromatic rings. The summed E-state index contributed by atoms with van der Waals surface area (Å²) in [4.78, 5) is 15.8. The van der Waals surface area contributed by atoms with Crippen molar-refractivity contribution in [1.82, 2.24) is 4.98 Å². The monoisotopic (exact) mass is 221 g/mol. The highest BCUT2D eigenvalue weighted by Gasteiger charge is 2.20. The van der Waals surface area contributed by atoms with Gasteiger partial charge in [-0.2, -0.15) is 0 Å². The van der Waals surface area contributed by atoms with E-state index in [4.69, 9.17) is 11.6 Å². The van der Waals surface area contributed by atoms with Gasteiger partial charge in [-0.25, -0.2) is 4.98 Å². The number of aromatic nitrogens is 1. The SMILES string of the molecule is CN(C)c1nc(CCl)c([N+](=O)[O-])s1. The van der Waals surface area contributed by atoms with Crippen LogP contribution in [0.2, 0.25) is 0 Å². The summed E-state index contributed by atoms with van der Waals surface area (Å²) in [6, 6.07) is 0. The smallest absolute Gasteiger partial charge is 0.350 e. The minimum absolute atomic E-state index is 0.0266. The topological polar surface area (TPSA) is 59.3 Å². The molecular formula is C6H8ClN3O2S. The van der Waals surface area contributed by atoms with Crippen molar-refractivity contribution < 1.29 is 4.92 Å². The third-order valence-corrected chi connectivity index (χ3v) is 2.81. The van der Waals surface area contributed by atoms with Crippen LogP contribution in [0.25, 0.3) is 0 Å². The van der Waals surface area contributed by atoms with Crippen LogP contribution in [0.15, 0.2) is 0 Å². The van der Waals surface area contributed by atoms with Crippen molar-refractivity contribution in [2.24, 2.45) is 0 Å². The number of rotatable bonds is 3. The van der Waals surface area contributed by atoms with Gasteiger partial charge < -0.3 is 4.90 Å². The molecular weight excluding hydrogens is 214 g/mol. The van der Waals surface area contributed by atoms with Gasteiger partial charge in [0.2, 0.25) is 0 Å². The summed E-state index contributed by atoms with van der Waals surface area (Å²) < 4.78 is 0. The second-order valence-electron chi connectivity index (χ2n) is 2.53. The highest BCUT2D eigenvalue weighted by Crippen LogP contribution is 2.32. The van der Waals surface area contributed by atoms with Crippen LogP contribution in [-0.4, -0.2) is 24.0 Å². The average molecular weight is 222 g/mol. The van der Waals surface area contributed by atoms with Gasteiger partial charge >= 0.3 is 5.00 Å². The second kappa shape index (κ2) is 3.89. The first-order chi connectivity index (χ1) is 6.06. The number of anilines is 1. The molecule has 0 radical (unpaired) electrons. The van der Waals surface area contributed by atoms with Crippen molar-refractivity contribution in [1.29, 1.82) is 0 Å². The molecule has 0 aliphatic carbocycles. The Morgan fingerprint density at radius 2 is 2.31 bits per heavy atom. The Kier molecular flexibility index (Phi) is 3.05. The number of thiazole rings is 1. The largest absolute Gasteiger partial charge is 0.354 e. The maximum Gasteiger partial charge on any atom is 0.350 e. The van der Waals surface area contributed by atoms with E-state index < -0.39 is 4.92 Å². The molecule has 0 saturated heterocycles. The van der Waals surface area contributed by atoms with Crippen molar-refractivity contribution in [3.05, 3.63) is 15.8 Å². The van der Waals surface area contributed by atoms with Gasteiger partial charge in [-0.15, -0.1) is 11.6 Å². The Labute approximate surface area is 84.1 Å². The van der Waals surface area contributed by atoms with Gasteiger partial charge in [0.1, 0.15) is 5.69 Å². The molecule has 0 N–H and O–H groups in total. The normalized spacial score (nSPS) is 10.1. The van der Waals surface area contributed by atoms with E-state index in [2.05, 4.69) is 4.98 Å². The van der Waals surface area contributed by atoms with Crippen molar-refractivity contribution in [3.8, 4) is 0 Å². The molecule has 0 aliphatic rings. The third kappa shape index (κ3) is 2.07. The molecule has 0 atom stereocenters. The highest BCUT2D eigenvalue weighted by molar-refractivity contribution is 7.18. The highest BCUT2D eigenvalue weighted by atomic mass is 35.5. The van der Waals surface area contributed by atoms with Gasteiger partial charge in [0.15, 0.2) is 5.13 Å². The first-order valence-corrected chi connectivity index (χ1v) is 4.78. The van der Waals surface area contributed by atoms with Gasteiger partial charge in [-0.05, 0) is 11.3 Å². The van der Waals surface area contributed by atoms with Crippen LogP contribution < -0.4 is 4.90 Å². The Hall–Kier alpha value is -0.880. The van der Waals surface area contributed by atoms with Crippen LogP contribution in [0.1, 0.15) is 5.69 Å². The molecule has 0 unspecified atom stereocenters. The fraction of sp³-hybridized carbons (Fsp3) is 0.500. The summed E-state index contributed by atoms with van der Waals surface area (Å²) in [7, 11) is 3.56. The Bertz CT molecular complexity index is 326. The van der Waals surface area contributed by atoms with Gasteiger partial charge in [0.05, 0.1) is 10.8 Å². The number of alkyl halides is 1. The van der Waals surface area contributed by atoms with Gasteiger partial charge in [0, 0.05) is 14.1 Å². The van der Waals surface area contributed by atoms with Crippen molar-refractivity contribution in [2.75, 3.05) is 19.0 Å². The van der Waals surface area contributed by atoms with E-state index in [1.54, 1.807) is 19.0 Å². The number of nitro groups is 1. The zero-order valence-electron chi connectivity index (χ0n) is 7.15. The summed E-state index contributed by atoms with van der Waals surface area (Å²) in [5, 5.41) is 11.1. The van der Waals surface area contributed by atoms with Gasteiger partial charge in [0.25, 0.3) is 0 Å². The van der Waals surface area contributed by atoms with E-state index in [1.807, 2.05) is 0 Å². The standard InChI is InChI=1S/C6H8ClN3O2S/c1-9(2)6-8-4(3-7)5(13-6)10(11)12/h3H2,1-2H3. The van der Waals surface area contributed by atoms with Gasteiger partial charge in [-0.1, -0.05) is 0 Å². The fourth-order valence-electron chi connectivity index (χ4n) is 0.752. The maximum absolute atomic E-state index is 10.5. The van der Waals surface area contributed by atoms with Crippen LogP contribution >= 0.6 is 22.9 Å². The number of halogens is 1. The molecule has 0 amide bonds. The van der Waals surface area contributed by atoms with E-state index in [0.29, 0.717) is 10.8 Å². The molecule has 1 rings (SSSR count). The number of nitrogens with zero attached hydrogens (tertiary/aromatic N) is 3. The predicted octanol–water partition coefficient (Wildman–Crippen LogP) is 1.86. The maximum atomic E-state index is 10.5. The zero-order valence-corrected chi connectivity index (χ0v) is 8.72. The molecule has 0 fully saturated rings. The van der Waals surface area contributed by atoms with E-state index in [0.717, 1.165) is 11.3 Å². The van der Waals surface area contributed by atoms with E-state index >= 15 is 0 Å². The van der Waals surface area contributed by atoms with Crippen LogP contribution in [0.5, 0.6) is 0 Å². The van der Waals surface area contributed by atoms with E-state index in [9.17, 15) is 10.1 Å². The lowest BCUT2D eigenvalue weighted by molar-refractivity contribution is -0.381. The Morgan fingerprint density at radius 1 is 1.69 bits per heavy atom. The molecule has 13 heavy (non-hydrogen) atoms. The second-order valence-corrected chi connectivity index (χ2v) is 3.76. The minimum Gasteiger partial charge on any atom is -0.354 e. The van der Waals surface area contributed by atoms with Crippen molar-refractivity contribution in [2.45, 2.75) is 5.88 Å². The molecule has 5 nitrogen and oxygen atoms in total. The van der Waals surface area contributed by atoms with Crippen molar-refractivity contribution >= 4 is 33.1 Å². The third-order valence-electron chi connectivity index (χ3n) is 1.34. The summed E-state index contributed by atoms with van der Waals surface area (Å²) in [6.07, 6.45) is 0. The molecule has 1 aromatic heterocycles. The Balaban J connectivity index is 3.11. The summed E-state index contributed by atoms with van der Waals surface area (Å²) in [5.74, 6) is 0.0701. The fourth-order valence-corrected chi connectivity index (χ4v) is 1.84. The van der Waals surface area contributed by atoms with E-state index in [-0.39, 0.29) is 10.9 Å². The van der Waals surface area contributed by atoms with Crippen LogP contribution in [0, 0.1) is 10.1 Å². The van der Waals surface area contributed by atoms with Crippen LogP contribution in [0.3, 0.4) is 0 Å². The average Bonchev–Trinajstić information content (AvgIpc) is 2.47. The van der Waals surface area contributed by atoms with Crippen LogP contribution in [-0.2, 0) is 5.88 Å². The molecule has 1 heterocycles. The number of hydrogen-bond acceptors (Lipinski definition) is 5. The molecule has 72 valence electrons. The molecule has 0 aromatic carbocycles. The summed E-state index contributed by atoms with van der Waals surface area (Å²) in [5.41, 5.74) is 0.334. The first kappa shape index (κ1) is 10.2. The van der Waals surface area contributed by atoms with E-state index in [1.165, 1.54) is 0 Å². The van der Waals surface area contributed by atoms with Gasteiger partial charge in [-0.3, -0.25) is 10.1 Å². The molecule has 0 aliphatic heterocycles. The lowest BCUT2D eigenvalue weighted by Crippen LogP contribution is -2.07. The van der Waals surface area contributed by atoms with Crippen molar-refractivity contribution in [3.63, 3.8) is 0 Å². The first-order valence-electron chi connectivity index (χ1n) is 3.43. The zero-order chi connectivity index (χ0) is 10.0. The predicted molar refractivity (Wildman–Crippen MR) is 52.7 cm³/mol. The van der Waals surface area contributed by atoms with Crippen LogP contribution in [0.4, 0.5) is 10.1 Å². The summed E-state index contributed by atoms with van der Waals surface area (Å²) >= 11 is 6.55. The molecule has 0 saturated carbocycles. The molecule has 0 spiro atoms. The Morgan fingerprint density at radius 3 is 2.62 bits per heavy atom. The minimum atomic E-state index is -0.456. The quantitative estimate of drug-likeness (QED) is 0.444. The lowest BCUT2D eigenvalue weighted by Gasteiger charge is -2.04. The molecule has 0 bridgehead atoms. The summed E-state index contributed by atoms with van der Waals surface area (Å²) in [6.45, 7) is 0. The molecule has 7 heteroatoms.